The Bertz CT molecular complexity index is 979. The first-order valence-corrected chi connectivity index (χ1v) is 11.5. The number of carbonyl (C=O) groups is 1. The van der Waals surface area contributed by atoms with Crippen LogP contribution in [0.4, 0.5) is 24.8 Å². The molecule has 4 rings (SSSR count). The Kier molecular flexibility index (Phi) is 7.95. The van der Waals surface area contributed by atoms with Crippen LogP contribution in [-0.4, -0.2) is 46.4 Å². The van der Waals surface area contributed by atoms with Crippen LogP contribution in [0.15, 0.2) is 12.1 Å². The summed E-state index contributed by atoms with van der Waals surface area (Å²) >= 11 is 6.43. The van der Waals surface area contributed by atoms with Gasteiger partial charge >= 0.3 is 12.1 Å². The van der Waals surface area contributed by atoms with E-state index in [1.54, 1.807) is 4.57 Å². The van der Waals surface area contributed by atoms with Crippen molar-refractivity contribution in [1.82, 2.24) is 14.9 Å². The number of carboxylic acids is 1. The molecule has 0 saturated heterocycles. The fraction of sp³-hybridized carbons (Fsp3) is 0.565. The van der Waals surface area contributed by atoms with Gasteiger partial charge in [-0.15, -0.1) is 0 Å². The van der Waals surface area contributed by atoms with Gasteiger partial charge in [0, 0.05) is 13.1 Å². The quantitative estimate of drug-likeness (QED) is 0.505. The minimum absolute atomic E-state index is 0.292. The summed E-state index contributed by atoms with van der Waals surface area (Å²) in [5.41, 5.74) is 4.00. The molecule has 0 radical (unpaired) electrons. The second kappa shape index (κ2) is 10.3. The Morgan fingerprint density at radius 2 is 1.97 bits per heavy atom. The number of carboxylic acid groups (broad SMARTS) is 1. The molecule has 0 amide bonds. The Morgan fingerprint density at radius 1 is 1.27 bits per heavy atom. The maximum absolute atomic E-state index is 11.5. The molecule has 2 N–H and O–H groups in total. The summed E-state index contributed by atoms with van der Waals surface area (Å²) in [6, 6.07) is 4.00. The smallest absolute Gasteiger partial charge is 0.401 e. The van der Waals surface area contributed by atoms with Gasteiger partial charge in [0.15, 0.2) is 5.69 Å². The number of rotatable bonds is 7. The molecule has 0 spiro atoms. The lowest BCUT2D eigenvalue weighted by molar-refractivity contribution is -0.124. The van der Waals surface area contributed by atoms with Crippen molar-refractivity contribution in [3.8, 4) is 0 Å². The Morgan fingerprint density at radius 3 is 2.52 bits per heavy atom. The van der Waals surface area contributed by atoms with Crippen LogP contribution in [0.5, 0.6) is 0 Å². The Hall–Kier alpha value is -2.26. The van der Waals surface area contributed by atoms with E-state index in [0.29, 0.717) is 54.3 Å². The van der Waals surface area contributed by atoms with Crippen molar-refractivity contribution in [1.29, 1.82) is 0 Å². The number of fused-ring (bicyclic) bond motifs is 1. The van der Waals surface area contributed by atoms with Gasteiger partial charge in [0.2, 0.25) is 5.95 Å². The molecule has 2 aromatic rings. The van der Waals surface area contributed by atoms with Crippen molar-refractivity contribution in [3.63, 3.8) is 0 Å². The molecule has 1 aromatic carbocycles. The summed E-state index contributed by atoms with van der Waals surface area (Å²) in [6.45, 7) is 6.87. The number of nitrogens with zero attached hydrogens (tertiary/aromatic N) is 3. The summed E-state index contributed by atoms with van der Waals surface area (Å²) in [5.74, 6) is 0.447. The number of hydrogen-bond donors (Lipinski definition) is 2. The number of halogens is 4. The van der Waals surface area contributed by atoms with Crippen LogP contribution in [0.3, 0.4) is 0 Å². The molecule has 0 bridgehead atoms. The maximum atomic E-state index is 11.5. The lowest BCUT2D eigenvalue weighted by Crippen LogP contribution is -2.29. The number of aromatic carboxylic acids is 1. The highest BCUT2D eigenvalue weighted by atomic mass is 35.5. The van der Waals surface area contributed by atoms with Crippen LogP contribution in [0.2, 0.25) is 5.02 Å². The highest BCUT2D eigenvalue weighted by Crippen LogP contribution is 2.39. The van der Waals surface area contributed by atoms with Crippen molar-refractivity contribution >= 4 is 29.2 Å². The van der Waals surface area contributed by atoms with Gasteiger partial charge in [-0.3, -0.25) is 0 Å². The zero-order valence-corrected chi connectivity index (χ0v) is 19.9. The van der Waals surface area contributed by atoms with Gasteiger partial charge in [-0.2, -0.15) is 13.2 Å². The average Bonchev–Trinajstić information content (AvgIpc) is 3.33. The maximum Gasteiger partial charge on any atom is 0.401 e. The summed E-state index contributed by atoms with van der Waals surface area (Å²) in [4.78, 5) is 18.1. The highest BCUT2D eigenvalue weighted by molar-refractivity contribution is 6.33. The van der Waals surface area contributed by atoms with Crippen molar-refractivity contribution in [2.45, 2.75) is 59.2 Å². The highest BCUT2D eigenvalue weighted by Gasteiger charge is 2.32. The lowest BCUT2D eigenvalue weighted by atomic mass is 10.1. The SMILES string of the molecule is CCc1nc2n(c1C(=O)O)CCN2c1c(C)cc(C)cc1Cl.FC(F)(F)CNCCC1CC1. The zero-order chi connectivity index (χ0) is 24.3. The van der Waals surface area contributed by atoms with Gasteiger partial charge in [-0.25, -0.2) is 9.78 Å². The monoisotopic (exact) mass is 486 g/mol. The molecule has 1 saturated carbocycles. The van der Waals surface area contributed by atoms with Crippen molar-refractivity contribution in [3.05, 3.63) is 39.7 Å². The number of anilines is 2. The van der Waals surface area contributed by atoms with Gasteiger partial charge in [0.05, 0.1) is 22.9 Å². The first-order valence-electron chi connectivity index (χ1n) is 11.2. The molecular formula is C23H30ClF3N4O2. The molecular weight excluding hydrogens is 457 g/mol. The van der Waals surface area contributed by atoms with Gasteiger partial charge < -0.3 is 19.9 Å². The second-order valence-corrected chi connectivity index (χ2v) is 9.01. The number of alkyl halides is 3. The van der Waals surface area contributed by atoms with E-state index < -0.39 is 18.7 Å². The molecule has 2 aliphatic rings. The Balaban J connectivity index is 0.000000235. The predicted octanol–water partition coefficient (Wildman–Crippen LogP) is 5.50. The molecule has 1 aliphatic carbocycles. The number of benzene rings is 1. The minimum atomic E-state index is -4.05. The normalized spacial score (nSPS) is 15.3. The fourth-order valence-corrected chi connectivity index (χ4v) is 4.52. The topological polar surface area (TPSA) is 70.4 Å². The molecule has 0 atom stereocenters. The van der Waals surface area contributed by atoms with E-state index in [1.807, 2.05) is 31.7 Å². The van der Waals surface area contributed by atoms with Crippen LogP contribution < -0.4 is 10.2 Å². The standard InChI is InChI=1S/C16H18ClN3O2.C7H12F3N/c1-4-12-14(15(21)22)20-6-5-19(16(20)18-12)13-10(3)7-9(2)8-11(13)17;8-7(9,10)5-11-4-3-6-1-2-6/h7-8H,4-6H2,1-3H3,(H,21,22);6,11H,1-5H2. The molecule has 33 heavy (non-hydrogen) atoms. The first kappa shape index (κ1) is 25.4. The molecule has 1 fully saturated rings. The largest absolute Gasteiger partial charge is 0.477 e. The molecule has 1 aliphatic heterocycles. The fourth-order valence-electron chi connectivity index (χ4n) is 4.10. The van der Waals surface area contributed by atoms with Crippen LogP contribution in [0, 0.1) is 19.8 Å². The second-order valence-electron chi connectivity index (χ2n) is 8.61. The van der Waals surface area contributed by atoms with Crippen LogP contribution >= 0.6 is 11.6 Å². The summed E-state index contributed by atoms with van der Waals surface area (Å²) in [6.07, 6.45) is -0.156. The van der Waals surface area contributed by atoms with Crippen molar-refractivity contribution in [2.24, 2.45) is 5.92 Å². The predicted molar refractivity (Wildman–Crippen MR) is 123 cm³/mol. The Labute approximate surface area is 196 Å². The molecule has 0 unspecified atom stereocenters. The van der Waals surface area contributed by atoms with E-state index in [9.17, 15) is 23.1 Å². The molecule has 1 aromatic heterocycles. The van der Waals surface area contributed by atoms with Gasteiger partial charge in [0.1, 0.15) is 0 Å². The number of imidazole rings is 1. The van der Waals surface area contributed by atoms with Crippen LogP contribution in [0.25, 0.3) is 0 Å². The minimum Gasteiger partial charge on any atom is -0.477 e. The number of aromatic nitrogens is 2. The third kappa shape index (κ3) is 6.41. The van der Waals surface area contributed by atoms with E-state index in [2.05, 4.69) is 16.4 Å². The van der Waals surface area contributed by atoms with Crippen LogP contribution in [-0.2, 0) is 13.0 Å². The number of nitrogens with one attached hydrogen (secondary N) is 1. The molecule has 10 heteroatoms. The molecule has 6 nitrogen and oxygen atoms in total. The van der Waals surface area contributed by atoms with E-state index in [4.69, 9.17) is 11.6 Å². The van der Waals surface area contributed by atoms with Gasteiger partial charge in [-0.1, -0.05) is 37.4 Å². The van der Waals surface area contributed by atoms with Crippen molar-refractivity contribution in [2.75, 3.05) is 24.5 Å². The third-order valence-electron chi connectivity index (χ3n) is 5.77. The van der Waals surface area contributed by atoms with Crippen LogP contribution in [0.1, 0.15) is 53.5 Å². The zero-order valence-electron chi connectivity index (χ0n) is 19.1. The van der Waals surface area contributed by atoms with E-state index in [-0.39, 0.29) is 0 Å². The number of aryl methyl sites for hydroxylation is 3. The average molecular weight is 487 g/mol. The van der Waals surface area contributed by atoms with Crippen molar-refractivity contribution < 1.29 is 23.1 Å². The van der Waals surface area contributed by atoms with E-state index in [0.717, 1.165) is 23.2 Å². The molecule has 182 valence electrons. The van der Waals surface area contributed by atoms with Gasteiger partial charge in [0.25, 0.3) is 0 Å². The lowest BCUT2D eigenvalue weighted by Gasteiger charge is -2.20. The first-order chi connectivity index (χ1) is 15.5. The molecule has 2 heterocycles. The summed E-state index contributed by atoms with van der Waals surface area (Å²) in [5, 5.41) is 12.5. The summed E-state index contributed by atoms with van der Waals surface area (Å²) in [7, 11) is 0. The van der Waals surface area contributed by atoms with E-state index >= 15 is 0 Å². The number of hydrogen-bond acceptors (Lipinski definition) is 4. The third-order valence-corrected chi connectivity index (χ3v) is 6.05. The van der Waals surface area contributed by atoms with E-state index in [1.165, 1.54) is 12.8 Å². The van der Waals surface area contributed by atoms with Gasteiger partial charge in [-0.05, 0) is 56.3 Å². The summed E-state index contributed by atoms with van der Waals surface area (Å²) < 4.78 is 36.4.